The molecule has 0 saturated heterocycles. The van der Waals surface area contributed by atoms with Crippen molar-refractivity contribution >= 4 is 0 Å². The lowest BCUT2D eigenvalue weighted by molar-refractivity contribution is -0.136. The lowest BCUT2D eigenvalue weighted by Crippen LogP contribution is -2.40. The van der Waals surface area contributed by atoms with Gasteiger partial charge in [-0.25, -0.2) is 0 Å². The molecule has 2 nitrogen and oxygen atoms in total. The molecule has 1 atom stereocenters. The van der Waals surface area contributed by atoms with Crippen LogP contribution in [-0.4, -0.2) is 22.4 Å². The molecule has 11 heavy (non-hydrogen) atoms. The van der Waals surface area contributed by atoms with E-state index in [4.69, 9.17) is 4.74 Å². The predicted molar refractivity (Wildman–Crippen MR) is 46.6 cm³/mol. The average Bonchev–Trinajstić information content (AvgIpc) is 1.56. The van der Waals surface area contributed by atoms with Gasteiger partial charge in [0, 0.05) is 0 Å². The minimum Gasteiger partial charge on any atom is -0.388 e. The fourth-order valence-corrected chi connectivity index (χ4v) is 0.675. The van der Waals surface area contributed by atoms with Crippen molar-refractivity contribution in [1.82, 2.24) is 0 Å². The molecule has 0 fully saturated rings. The second-order valence-corrected chi connectivity index (χ2v) is 4.53. The second kappa shape index (κ2) is 3.11. The zero-order valence-corrected chi connectivity index (χ0v) is 8.43. The minimum absolute atomic E-state index is 0.137. The van der Waals surface area contributed by atoms with E-state index in [9.17, 15) is 5.11 Å². The lowest BCUT2D eigenvalue weighted by Gasteiger charge is -2.32. The number of aliphatic hydroxyl groups is 1. The van der Waals surface area contributed by atoms with E-state index in [-0.39, 0.29) is 11.7 Å². The minimum atomic E-state index is -0.757. The highest BCUT2D eigenvalue weighted by atomic mass is 16.5. The van der Waals surface area contributed by atoms with Crippen LogP contribution < -0.4 is 0 Å². The molecule has 0 aromatic carbocycles. The van der Waals surface area contributed by atoms with Crippen molar-refractivity contribution in [2.75, 3.05) is 0 Å². The Balaban J connectivity index is 3.99. The molecule has 0 rings (SSSR count). The zero-order chi connectivity index (χ0) is 9.28. The first-order valence-corrected chi connectivity index (χ1v) is 4.03. The molecule has 0 aromatic rings. The summed E-state index contributed by atoms with van der Waals surface area (Å²) in [5, 5.41) is 9.52. The highest BCUT2D eigenvalue weighted by molar-refractivity contribution is 4.76. The average molecular weight is 160 g/mol. The molecule has 0 bridgehead atoms. The summed E-state index contributed by atoms with van der Waals surface area (Å²) in [7, 11) is 0. The molecule has 0 aliphatic carbocycles. The first kappa shape index (κ1) is 10.9. The van der Waals surface area contributed by atoms with Gasteiger partial charge in [-0.3, -0.25) is 0 Å². The van der Waals surface area contributed by atoms with Gasteiger partial charge < -0.3 is 9.84 Å². The van der Waals surface area contributed by atoms with Crippen LogP contribution >= 0.6 is 0 Å². The molecule has 1 N–H and O–H groups in total. The van der Waals surface area contributed by atoms with Crippen LogP contribution in [0.3, 0.4) is 0 Å². The van der Waals surface area contributed by atoms with Crippen LogP contribution in [0.1, 0.15) is 41.5 Å². The monoisotopic (exact) mass is 160 g/mol. The van der Waals surface area contributed by atoms with E-state index in [0.29, 0.717) is 0 Å². The van der Waals surface area contributed by atoms with E-state index < -0.39 is 5.60 Å². The predicted octanol–water partition coefficient (Wildman–Crippen LogP) is 1.96. The summed E-state index contributed by atoms with van der Waals surface area (Å²) in [4.78, 5) is 0. The van der Waals surface area contributed by atoms with Crippen LogP contribution in [0.2, 0.25) is 0 Å². The molecular weight excluding hydrogens is 140 g/mol. The Morgan fingerprint density at radius 2 is 1.45 bits per heavy atom. The molecule has 0 amide bonds. The number of hydrogen-bond donors (Lipinski definition) is 1. The molecule has 2 heteroatoms. The fourth-order valence-electron chi connectivity index (χ4n) is 0.675. The van der Waals surface area contributed by atoms with Gasteiger partial charge in [0.15, 0.2) is 0 Å². The highest BCUT2D eigenvalue weighted by Crippen LogP contribution is 2.18. The number of ether oxygens (including phenoxy) is 1. The molecule has 0 saturated carbocycles. The zero-order valence-electron chi connectivity index (χ0n) is 8.43. The van der Waals surface area contributed by atoms with Crippen LogP contribution in [0.15, 0.2) is 0 Å². The third-order valence-corrected chi connectivity index (χ3v) is 1.53. The molecule has 0 spiro atoms. The van der Waals surface area contributed by atoms with Crippen molar-refractivity contribution in [3.05, 3.63) is 0 Å². The normalized spacial score (nSPS) is 16.6. The van der Waals surface area contributed by atoms with E-state index in [0.717, 1.165) is 0 Å². The summed E-state index contributed by atoms with van der Waals surface area (Å²) in [5.41, 5.74) is -0.938. The summed E-state index contributed by atoms with van der Waals surface area (Å²) in [6.07, 6.45) is -0.137. The van der Waals surface area contributed by atoms with Crippen LogP contribution in [0.5, 0.6) is 0 Å². The maximum Gasteiger partial charge on any atom is 0.0849 e. The topological polar surface area (TPSA) is 29.5 Å². The quantitative estimate of drug-likeness (QED) is 0.669. The summed E-state index contributed by atoms with van der Waals surface area (Å²) >= 11 is 0. The Labute approximate surface area is 69.6 Å². The van der Waals surface area contributed by atoms with Crippen LogP contribution in [0.4, 0.5) is 0 Å². The summed E-state index contributed by atoms with van der Waals surface area (Å²) < 4.78 is 5.55. The Kier molecular flexibility index (Phi) is 3.09. The first-order chi connectivity index (χ1) is 4.63. The third-order valence-electron chi connectivity index (χ3n) is 1.53. The van der Waals surface area contributed by atoms with Gasteiger partial charge in [-0.05, 0) is 41.5 Å². The maximum atomic E-state index is 9.52. The Morgan fingerprint density at radius 1 is 1.09 bits per heavy atom. The molecule has 1 unspecified atom stereocenters. The SMILES string of the molecule is CC(OC(C)(C)C)C(C)(C)O. The molecule has 0 aliphatic heterocycles. The van der Waals surface area contributed by atoms with Crippen molar-refractivity contribution < 1.29 is 9.84 Å². The Morgan fingerprint density at radius 3 is 1.55 bits per heavy atom. The number of hydrogen-bond acceptors (Lipinski definition) is 2. The molecular formula is C9H20O2. The summed E-state index contributed by atoms with van der Waals surface area (Å²) in [5.74, 6) is 0. The fraction of sp³-hybridized carbons (Fsp3) is 1.00. The van der Waals surface area contributed by atoms with Crippen molar-refractivity contribution in [2.24, 2.45) is 0 Å². The van der Waals surface area contributed by atoms with Crippen LogP contribution in [-0.2, 0) is 4.74 Å². The van der Waals surface area contributed by atoms with Gasteiger partial charge in [0.05, 0.1) is 17.3 Å². The largest absolute Gasteiger partial charge is 0.388 e. The van der Waals surface area contributed by atoms with Gasteiger partial charge in [0.2, 0.25) is 0 Å². The van der Waals surface area contributed by atoms with Gasteiger partial charge in [0.1, 0.15) is 0 Å². The molecule has 0 aromatic heterocycles. The maximum absolute atomic E-state index is 9.52. The smallest absolute Gasteiger partial charge is 0.0849 e. The Bertz CT molecular complexity index is 117. The summed E-state index contributed by atoms with van der Waals surface area (Å²) in [6.45, 7) is 11.3. The van der Waals surface area contributed by atoms with Gasteiger partial charge in [-0.2, -0.15) is 0 Å². The Hall–Kier alpha value is -0.0800. The second-order valence-electron chi connectivity index (χ2n) is 4.53. The van der Waals surface area contributed by atoms with E-state index in [1.54, 1.807) is 13.8 Å². The first-order valence-electron chi connectivity index (χ1n) is 4.03. The number of rotatable bonds is 2. The van der Waals surface area contributed by atoms with Gasteiger partial charge in [-0.15, -0.1) is 0 Å². The molecule has 0 aliphatic rings. The van der Waals surface area contributed by atoms with E-state index >= 15 is 0 Å². The van der Waals surface area contributed by atoms with Gasteiger partial charge in [0.25, 0.3) is 0 Å². The standard InChI is InChI=1S/C9H20O2/c1-7(9(5,6)10)11-8(2,3)4/h7,10H,1-6H3. The van der Waals surface area contributed by atoms with Crippen molar-refractivity contribution in [3.63, 3.8) is 0 Å². The van der Waals surface area contributed by atoms with Crippen molar-refractivity contribution in [1.29, 1.82) is 0 Å². The molecule has 68 valence electrons. The molecule has 0 radical (unpaired) electrons. The van der Waals surface area contributed by atoms with Crippen molar-refractivity contribution in [2.45, 2.75) is 58.8 Å². The highest BCUT2D eigenvalue weighted by Gasteiger charge is 2.27. The van der Waals surface area contributed by atoms with E-state index in [2.05, 4.69) is 0 Å². The van der Waals surface area contributed by atoms with Gasteiger partial charge in [-0.1, -0.05) is 0 Å². The van der Waals surface area contributed by atoms with Gasteiger partial charge >= 0.3 is 0 Å². The van der Waals surface area contributed by atoms with E-state index in [1.807, 2.05) is 27.7 Å². The van der Waals surface area contributed by atoms with E-state index in [1.165, 1.54) is 0 Å². The van der Waals surface area contributed by atoms with Crippen molar-refractivity contribution in [3.8, 4) is 0 Å². The molecule has 0 heterocycles. The van der Waals surface area contributed by atoms with Crippen LogP contribution in [0.25, 0.3) is 0 Å². The van der Waals surface area contributed by atoms with Crippen LogP contribution in [0, 0.1) is 0 Å². The lowest BCUT2D eigenvalue weighted by atomic mass is 10.0. The summed E-state index contributed by atoms with van der Waals surface area (Å²) in [6, 6.07) is 0. The third kappa shape index (κ3) is 5.22.